The summed E-state index contributed by atoms with van der Waals surface area (Å²) < 4.78 is 6.16. The molecule has 0 radical (unpaired) electrons. The molecule has 0 spiro atoms. The number of piperidine rings is 1. The van der Waals surface area contributed by atoms with Crippen molar-refractivity contribution in [1.82, 2.24) is 10.2 Å². The van der Waals surface area contributed by atoms with Crippen molar-refractivity contribution in [2.24, 2.45) is 0 Å². The van der Waals surface area contributed by atoms with Gasteiger partial charge in [-0.05, 0) is 51.9 Å². The van der Waals surface area contributed by atoms with Crippen LogP contribution in [-0.2, 0) is 6.42 Å². The number of nitrogens with zero attached hydrogens (tertiary/aromatic N) is 1. The normalized spacial score (nSPS) is 27.2. The minimum atomic E-state index is 0.325. The van der Waals surface area contributed by atoms with Gasteiger partial charge < -0.3 is 10.1 Å². The quantitative estimate of drug-likeness (QED) is 0.922. The molecule has 0 aliphatic carbocycles. The van der Waals surface area contributed by atoms with Gasteiger partial charge in [-0.2, -0.15) is 0 Å². The van der Waals surface area contributed by atoms with E-state index in [1.807, 2.05) is 0 Å². The molecule has 1 saturated heterocycles. The van der Waals surface area contributed by atoms with E-state index >= 15 is 0 Å². The first-order valence-electron chi connectivity index (χ1n) is 8.35. The Morgan fingerprint density at radius 3 is 3.05 bits per heavy atom. The monoisotopic (exact) mass is 288 g/mol. The average molecular weight is 288 g/mol. The number of nitrogens with one attached hydrogen (secondary N) is 1. The summed E-state index contributed by atoms with van der Waals surface area (Å²) in [5.41, 5.74) is 2.72. The van der Waals surface area contributed by atoms with E-state index in [-0.39, 0.29) is 0 Å². The fourth-order valence-corrected chi connectivity index (χ4v) is 3.81. The molecule has 2 aliphatic rings. The third-order valence-corrected chi connectivity index (χ3v) is 5.09. The number of aryl methyl sites for hydroxylation is 1. The van der Waals surface area contributed by atoms with Crippen LogP contribution in [0.5, 0.6) is 5.75 Å². The third-order valence-electron chi connectivity index (χ3n) is 5.09. The van der Waals surface area contributed by atoms with E-state index in [2.05, 4.69) is 49.3 Å². The zero-order chi connectivity index (χ0) is 14.8. The molecule has 0 amide bonds. The van der Waals surface area contributed by atoms with Gasteiger partial charge in [0, 0.05) is 25.0 Å². The molecule has 1 fully saturated rings. The molecule has 21 heavy (non-hydrogen) atoms. The SMILES string of the molecule is CNC(C)C1CCCCN1CC1Cc2cc(C)ccc2O1. The molecule has 2 heterocycles. The Morgan fingerprint density at radius 1 is 1.38 bits per heavy atom. The Labute approximate surface area is 128 Å². The van der Waals surface area contributed by atoms with Crippen LogP contribution in [0.3, 0.4) is 0 Å². The van der Waals surface area contributed by atoms with Crippen molar-refractivity contribution in [2.45, 2.75) is 57.7 Å². The zero-order valence-electron chi connectivity index (χ0n) is 13.6. The molecule has 1 aromatic carbocycles. The zero-order valence-corrected chi connectivity index (χ0v) is 13.6. The van der Waals surface area contributed by atoms with Crippen LogP contribution in [0.25, 0.3) is 0 Å². The smallest absolute Gasteiger partial charge is 0.123 e. The highest BCUT2D eigenvalue weighted by Crippen LogP contribution is 2.31. The fourth-order valence-electron chi connectivity index (χ4n) is 3.81. The predicted octanol–water partition coefficient (Wildman–Crippen LogP) is 2.76. The number of benzene rings is 1. The van der Waals surface area contributed by atoms with E-state index in [1.54, 1.807) is 0 Å². The minimum absolute atomic E-state index is 0.325. The predicted molar refractivity (Wildman–Crippen MR) is 87.0 cm³/mol. The highest BCUT2D eigenvalue weighted by atomic mass is 16.5. The lowest BCUT2D eigenvalue weighted by Crippen LogP contribution is -2.52. The maximum atomic E-state index is 6.16. The van der Waals surface area contributed by atoms with Crippen LogP contribution in [0.4, 0.5) is 0 Å². The van der Waals surface area contributed by atoms with Crippen LogP contribution in [0, 0.1) is 6.92 Å². The van der Waals surface area contributed by atoms with Gasteiger partial charge in [-0.15, -0.1) is 0 Å². The first-order valence-corrected chi connectivity index (χ1v) is 8.35. The lowest BCUT2D eigenvalue weighted by Gasteiger charge is -2.40. The third kappa shape index (κ3) is 3.24. The molecule has 3 heteroatoms. The van der Waals surface area contributed by atoms with E-state index in [0.717, 1.165) is 18.7 Å². The van der Waals surface area contributed by atoms with Gasteiger partial charge in [0.05, 0.1) is 0 Å². The van der Waals surface area contributed by atoms with Crippen LogP contribution in [0.2, 0.25) is 0 Å². The van der Waals surface area contributed by atoms with Crippen LogP contribution < -0.4 is 10.1 Å². The van der Waals surface area contributed by atoms with Crippen molar-refractivity contribution in [3.63, 3.8) is 0 Å². The van der Waals surface area contributed by atoms with E-state index < -0.39 is 0 Å². The van der Waals surface area contributed by atoms with Gasteiger partial charge in [0.25, 0.3) is 0 Å². The second kappa shape index (κ2) is 6.37. The molecule has 0 saturated carbocycles. The lowest BCUT2D eigenvalue weighted by molar-refractivity contribution is 0.0749. The van der Waals surface area contributed by atoms with Gasteiger partial charge in [-0.3, -0.25) is 4.90 Å². The largest absolute Gasteiger partial charge is 0.488 e. The first kappa shape index (κ1) is 14.9. The molecular weight excluding hydrogens is 260 g/mol. The minimum Gasteiger partial charge on any atom is -0.488 e. The fraction of sp³-hybridized carbons (Fsp3) is 0.667. The Bertz CT molecular complexity index is 488. The molecule has 3 nitrogen and oxygen atoms in total. The summed E-state index contributed by atoms with van der Waals surface area (Å²) in [6, 6.07) is 7.76. The molecule has 3 atom stereocenters. The molecule has 1 aromatic rings. The van der Waals surface area contributed by atoms with Crippen molar-refractivity contribution in [3.05, 3.63) is 29.3 Å². The Hall–Kier alpha value is -1.06. The Morgan fingerprint density at radius 2 is 2.24 bits per heavy atom. The van der Waals surface area contributed by atoms with Crippen molar-refractivity contribution in [1.29, 1.82) is 0 Å². The second-order valence-electron chi connectivity index (χ2n) is 6.69. The van der Waals surface area contributed by atoms with Gasteiger partial charge in [0.1, 0.15) is 11.9 Å². The van der Waals surface area contributed by atoms with Crippen LogP contribution in [0.15, 0.2) is 18.2 Å². The summed E-state index contributed by atoms with van der Waals surface area (Å²) in [6.07, 6.45) is 5.38. The van der Waals surface area contributed by atoms with Gasteiger partial charge >= 0.3 is 0 Å². The molecule has 2 aliphatic heterocycles. The maximum Gasteiger partial charge on any atom is 0.123 e. The van der Waals surface area contributed by atoms with Crippen LogP contribution >= 0.6 is 0 Å². The summed E-state index contributed by atoms with van der Waals surface area (Å²) in [7, 11) is 2.07. The highest BCUT2D eigenvalue weighted by molar-refractivity contribution is 5.40. The van der Waals surface area contributed by atoms with E-state index in [4.69, 9.17) is 4.74 Å². The topological polar surface area (TPSA) is 24.5 Å². The summed E-state index contributed by atoms with van der Waals surface area (Å²) in [5.74, 6) is 1.10. The second-order valence-corrected chi connectivity index (χ2v) is 6.69. The molecule has 116 valence electrons. The van der Waals surface area contributed by atoms with E-state index in [1.165, 1.54) is 36.9 Å². The molecular formula is C18H28N2O. The highest BCUT2D eigenvalue weighted by Gasteiger charge is 2.31. The number of fused-ring (bicyclic) bond motifs is 1. The van der Waals surface area contributed by atoms with Gasteiger partial charge in [-0.1, -0.05) is 24.1 Å². The van der Waals surface area contributed by atoms with E-state index in [0.29, 0.717) is 18.2 Å². The molecule has 3 rings (SSSR count). The molecule has 0 bridgehead atoms. The van der Waals surface area contributed by atoms with Crippen molar-refractivity contribution in [2.75, 3.05) is 20.1 Å². The number of ether oxygens (including phenoxy) is 1. The van der Waals surface area contributed by atoms with Gasteiger partial charge in [-0.25, -0.2) is 0 Å². The van der Waals surface area contributed by atoms with Gasteiger partial charge in [0.2, 0.25) is 0 Å². The number of likely N-dealkylation sites (tertiary alicyclic amines) is 1. The average Bonchev–Trinajstić information content (AvgIpc) is 2.88. The summed E-state index contributed by atoms with van der Waals surface area (Å²) in [6.45, 7) is 6.73. The Kier molecular flexibility index (Phi) is 4.51. The lowest BCUT2D eigenvalue weighted by atomic mass is 9.95. The summed E-state index contributed by atoms with van der Waals surface area (Å²) >= 11 is 0. The number of hydrogen-bond donors (Lipinski definition) is 1. The standard InChI is InChI=1S/C18H28N2O/c1-13-7-8-18-15(10-13)11-16(21-18)12-20-9-5-4-6-17(20)14(2)19-3/h7-8,10,14,16-17,19H,4-6,9,11-12H2,1-3H3. The summed E-state index contributed by atoms with van der Waals surface area (Å²) in [4.78, 5) is 2.65. The van der Waals surface area contributed by atoms with Crippen LogP contribution in [-0.4, -0.2) is 43.2 Å². The first-order chi connectivity index (χ1) is 10.2. The van der Waals surface area contributed by atoms with Crippen molar-refractivity contribution < 1.29 is 4.74 Å². The van der Waals surface area contributed by atoms with Crippen LogP contribution in [0.1, 0.15) is 37.3 Å². The number of likely N-dealkylation sites (N-methyl/N-ethyl adjacent to an activating group) is 1. The number of hydrogen-bond acceptors (Lipinski definition) is 3. The maximum absolute atomic E-state index is 6.16. The van der Waals surface area contributed by atoms with Crippen molar-refractivity contribution >= 4 is 0 Å². The van der Waals surface area contributed by atoms with E-state index in [9.17, 15) is 0 Å². The molecule has 3 unspecified atom stereocenters. The Balaban J connectivity index is 1.64. The molecule has 0 aromatic heterocycles. The number of rotatable bonds is 4. The summed E-state index contributed by atoms with van der Waals surface area (Å²) in [5, 5.41) is 3.43. The van der Waals surface area contributed by atoms with Crippen molar-refractivity contribution in [3.8, 4) is 5.75 Å². The molecule has 1 N–H and O–H groups in total. The van der Waals surface area contributed by atoms with Gasteiger partial charge in [0.15, 0.2) is 0 Å².